The van der Waals surface area contributed by atoms with Gasteiger partial charge in [0.05, 0.1) is 0 Å². The highest BCUT2D eigenvalue weighted by Gasteiger charge is 2.18. The lowest BCUT2D eigenvalue weighted by Gasteiger charge is -2.31. The molecule has 0 amide bonds. The predicted octanol–water partition coefficient (Wildman–Crippen LogP) is 3.31. The van der Waals surface area contributed by atoms with E-state index in [1.54, 1.807) is 13.0 Å². The van der Waals surface area contributed by atoms with Gasteiger partial charge in [0.25, 0.3) is 0 Å². The molecular formula is C15H21FN2. The number of hydrogen-bond acceptors (Lipinski definition) is 2. The third-order valence-corrected chi connectivity index (χ3v) is 3.47. The molecule has 0 radical (unpaired) electrons. The fourth-order valence-corrected chi connectivity index (χ4v) is 2.44. The SMILES string of the molecule is CC1=CCCN(c2cc(C)c(F)cc2[C@H](C)N)C1. The summed E-state index contributed by atoms with van der Waals surface area (Å²) in [6, 6.07) is 3.36. The first kappa shape index (κ1) is 13.1. The van der Waals surface area contributed by atoms with Crippen LogP contribution in [0.1, 0.15) is 37.4 Å². The fourth-order valence-electron chi connectivity index (χ4n) is 2.44. The molecule has 2 N–H and O–H groups in total. The Hall–Kier alpha value is -1.35. The van der Waals surface area contributed by atoms with Crippen LogP contribution in [0.15, 0.2) is 23.8 Å². The molecule has 1 aromatic carbocycles. The van der Waals surface area contributed by atoms with E-state index in [1.165, 1.54) is 5.57 Å². The quantitative estimate of drug-likeness (QED) is 0.814. The maximum Gasteiger partial charge on any atom is 0.126 e. The third-order valence-electron chi connectivity index (χ3n) is 3.47. The minimum Gasteiger partial charge on any atom is -0.367 e. The van der Waals surface area contributed by atoms with Gasteiger partial charge in [0.1, 0.15) is 5.82 Å². The second-order valence-corrected chi connectivity index (χ2v) is 5.21. The molecule has 0 saturated heterocycles. The molecule has 0 aliphatic carbocycles. The summed E-state index contributed by atoms with van der Waals surface area (Å²) in [4.78, 5) is 2.29. The van der Waals surface area contributed by atoms with E-state index in [4.69, 9.17) is 5.73 Å². The standard InChI is InChI=1S/C15H21FN2/c1-10-5-4-6-18(9-10)15-7-11(2)14(16)8-13(15)12(3)17/h5,7-8,12H,4,6,9,17H2,1-3H3/t12-/m0/s1. The summed E-state index contributed by atoms with van der Waals surface area (Å²) in [5.41, 5.74) is 9.99. The summed E-state index contributed by atoms with van der Waals surface area (Å²) in [5.74, 6) is -0.171. The van der Waals surface area contributed by atoms with E-state index >= 15 is 0 Å². The predicted molar refractivity (Wildman–Crippen MR) is 74.3 cm³/mol. The van der Waals surface area contributed by atoms with Gasteiger partial charge in [0, 0.05) is 24.8 Å². The molecule has 2 nitrogen and oxygen atoms in total. The van der Waals surface area contributed by atoms with Crippen molar-refractivity contribution < 1.29 is 4.39 Å². The van der Waals surface area contributed by atoms with Crippen LogP contribution < -0.4 is 10.6 Å². The maximum absolute atomic E-state index is 13.7. The average Bonchev–Trinajstić information content (AvgIpc) is 2.31. The number of aryl methyl sites for hydroxylation is 1. The Balaban J connectivity index is 2.42. The first-order chi connectivity index (χ1) is 8.49. The van der Waals surface area contributed by atoms with Gasteiger partial charge in [0.2, 0.25) is 0 Å². The van der Waals surface area contributed by atoms with Crippen molar-refractivity contribution in [3.63, 3.8) is 0 Å². The molecule has 0 bridgehead atoms. The lowest BCUT2D eigenvalue weighted by atomic mass is 10.0. The van der Waals surface area contributed by atoms with Crippen molar-refractivity contribution in [1.29, 1.82) is 0 Å². The molecule has 1 atom stereocenters. The van der Waals surface area contributed by atoms with Crippen molar-refractivity contribution in [3.8, 4) is 0 Å². The van der Waals surface area contributed by atoms with E-state index in [0.29, 0.717) is 5.56 Å². The van der Waals surface area contributed by atoms with E-state index in [0.717, 1.165) is 30.8 Å². The molecule has 1 aromatic rings. The van der Waals surface area contributed by atoms with Crippen molar-refractivity contribution in [2.75, 3.05) is 18.0 Å². The van der Waals surface area contributed by atoms with Gasteiger partial charge in [-0.05, 0) is 50.5 Å². The highest BCUT2D eigenvalue weighted by Crippen LogP contribution is 2.30. The van der Waals surface area contributed by atoms with Crippen LogP contribution in [0.5, 0.6) is 0 Å². The van der Waals surface area contributed by atoms with Gasteiger partial charge in [-0.3, -0.25) is 0 Å². The number of nitrogens with zero attached hydrogens (tertiary/aromatic N) is 1. The van der Waals surface area contributed by atoms with Crippen LogP contribution >= 0.6 is 0 Å². The topological polar surface area (TPSA) is 29.3 Å². The minimum atomic E-state index is -0.171. The first-order valence-electron chi connectivity index (χ1n) is 6.45. The lowest BCUT2D eigenvalue weighted by molar-refractivity contribution is 0.612. The van der Waals surface area contributed by atoms with Gasteiger partial charge < -0.3 is 10.6 Å². The normalized spacial score (nSPS) is 17.6. The molecule has 0 aromatic heterocycles. The summed E-state index contributed by atoms with van der Waals surface area (Å²) in [5, 5.41) is 0. The highest BCUT2D eigenvalue weighted by molar-refractivity contribution is 5.58. The summed E-state index contributed by atoms with van der Waals surface area (Å²) in [6.45, 7) is 7.72. The molecule has 18 heavy (non-hydrogen) atoms. The third kappa shape index (κ3) is 2.56. The molecule has 1 aliphatic rings. The van der Waals surface area contributed by atoms with Crippen LogP contribution in [0.3, 0.4) is 0 Å². The number of halogens is 1. The summed E-state index contributed by atoms with van der Waals surface area (Å²) < 4.78 is 13.7. The second-order valence-electron chi connectivity index (χ2n) is 5.21. The summed E-state index contributed by atoms with van der Waals surface area (Å²) in [6.07, 6.45) is 3.30. The molecule has 0 spiro atoms. The molecule has 1 heterocycles. The van der Waals surface area contributed by atoms with Crippen LogP contribution in [0.25, 0.3) is 0 Å². The van der Waals surface area contributed by atoms with Gasteiger partial charge in [-0.2, -0.15) is 0 Å². The van der Waals surface area contributed by atoms with Crippen molar-refractivity contribution in [2.45, 2.75) is 33.2 Å². The van der Waals surface area contributed by atoms with Gasteiger partial charge in [-0.15, -0.1) is 0 Å². The highest BCUT2D eigenvalue weighted by atomic mass is 19.1. The fraction of sp³-hybridized carbons (Fsp3) is 0.467. The first-order valence-corrected chi connectivity index (χ1v) is 6.45. The Morgan fingerprint density at radius 3 is 2.67 bits per heavy atom. The molecule has 2 rings (SSSR count). The number of nitrogens with two attached hydrogens (primary N) is 1. The van der Waals surface area contributed by atoms with Crippen LogP contribution in [0, 0.1) is 12.7 Å². The van der Waals surface area contributed by atoms with E-state index in [1.807, 2.05) is 13.0 Å². The maximum atomic E-state index is 13.7. The Kier molecular flexibility index (Phi) is 3.71. The Morgan fingerprint density at radius 2 is 2.06 bits per heavy atom. The molecule has 3 heteroatoms. The molecule has 0 unspecified atom stereocenters. The van der Waals surface area contributed by atoms with Crippen LogP contribution in [0.4, 0.5) is 10.1 Å². The van der Waals surface area contributed by atoms with Crippen LogP contribution in [-0.2, 0) is 0 Å². The van der Waals surface area contributed by atoms with Gasteiger partial charge in [0.15, 0.2) is 0 Å². The minimum absolute atomic E-state index is 0.152. The van der Waals surface area contributed by atoms with Gasteiger partial charge in [-0.1, -0.05) is 11.6 Å². The Labute approximate surface area is 108 Å². The van der Waals surface area contributed by atoms with Gasteiger partial charge in [-0.25, -0.2) is 4.39 Å². The number of anilines is 1. The zero-order valence-corrected chi connectivity index (χ0v) is 11.3. The van der Waals surface area contributed by atoms with E-state index < -0.39 is 0 Å². The lowest BCUT2D eigenvalue weighted by Crippen LogP contribution is -2.31. The molecule has 98 valence electrons. The Bertz CT molecular complexity index is 478. The van der Waals surface area contributed by atoms with Crippen molar-refractivity contribution >= 4 is 5.69 Å². The van der Waals surface area contributed by atoms with Crippen molar-refractivity contribution in [3.05, 3.63) is 40.7 Å². The zero-order valence-electron chi connectivity index (χ0n) is 11.3. The smallest absolute Gasteiger partial charge is 0.126 e. The largest absolute Gasteiger partial charge is 0.367 e. The second kappa shape index (κ2) is 5.11. The van der Waals surface area contributed by atoms with Crippen molar-refractivity contribution in [2.24, 2.45) is 5.73 Å². The average molecular weight is 248 g/mol. The molecular weight excluding hydrogens is 227 g/mol. The summed E-state index contributed by atoms with van der Waals surface area (Å²) >= 11 is 0. The van der Waals surface area contributed by atoms with Crippen LogP contribution in [-0.4, -0.2) is 13.1 Å². The zero-order chi connectivity index (χ0) is 13.3. The van der Waals surface area contributed by atoms with Crippen molar-refractivity contribution in [1.82, 2.24) is 0 Å². The summed E-state index contributed by atoms with van der Waals surface area (Å²) in [7, 11) is 0. The van der Waals surface area contributed by atoms with Gasteiger partial charge >= 0.3 is 0 Å². The molecule has 0 saturated carbocycles. The number of hydrogen-bond donors (Lipinski definition) is 1. The monoisotopic (exact) mass is 248 g/mol. The van der Waals surface area contributed by atoms with E-state index in [2.05, 4.69) is 17.9 Å². The van der Waals surface area contributed by atoms with E-state index in [9.17, 15) is 4.39 Å². The molecule has 1 aliphatic heterocycles. The Morgan fingerprint density at radius 1 is 1.33 bits per heavy atom. The number of rotatable bonds is 2. The number of benzene rings is 1. The van der Waals surface area contributed by atoms with E-state index in [-0.39, 0.29) is 11.9 Å². The van der Waals surface area contributed by atoms with Crippen LogP contribution in [0.2, 0.25) is 0 Å². The molecule has 0 fully saturated rings.